The molecule has 0 radical (unpaired) electrons. The van der Waals surface area contributed by atoms with Crippen molar-refractivity contribution in [2.75, 3.05) is 19.7 Å². The van der Waals surface area contributed by atoms with Gasteiger partial charge in [0, 0.05) is 38.5 Å². The number of aliphatic hydroxyl groups excluding tert-OH is 1. The number of aromatic nitrogens is 3. The summed E-state index contributed by atoms with van der Waals surface area (Å²) in [6, 6.07) is 0. The lowest BCUT2D eigenvalue weighted by Crippen LogP contribution is -2.32. The smallest absolute Gasteiger partial charge is 0.265 e. The summed E-state index contributed by atoms with van der Waals surface area (Å²) in [4.78, 5) is 19.4. The molecule has 22 heavy (non-hydrogen) atoms. The molecule has 0 fully saturated rings. The molecule has 1 N–H and O–H groups in total. The maximum absolute atomic E-state index is 12.6. The Hall–Kier alpha value is -1.73. The van der Waals surface area contributed by atoms with Crippen molar-refractivity contribution in [1.29, 1.82) is 0 Å². The topological polar surface area (TPSA) is 71.2 Å². The van der Waals surface area contributed by atoms with Gasteiger partial charge in [-0.1, -0.05) is 13.3 Å². The minimum atomic E-state index is -0.00506. The molecule has 0 atom stereocenters. The third kappa shape index (κ3) is 4.14. The van der Waals surface area contributed by atoms with Gasteiger partial charge in [0.2, 0.25) is 0 Å². The predicted molar refractivity (Wildman–Crippen MR) is 86.8 cm³/mol. The minimum Gasteiger partial charge on any atom is -0.396 e. The van der Waals surface area contributed by atoms with Gasteiger partial charge in [0.25, 0.3) is 5.91 Å². The molecule has 0 unspecified atom stereocenters. The molecule has 2 rings (SSSR count). The Bertz CT molecular complexity index is 600. The fourth-order valence-electron chi connectivity index (χ4n) is 2.12. The molecule has 0 saturated heterocycles. The molecular formula is C15H22N4O2S. The molecule has 2 heterocycles. The lowest BCUT2D eigenvalue weighted by atomic mass is 10.3. The van der Waals surface area contributed by atoms with E-state index >= 15 is 0 Å². The van der Waals surface area contributed by atoms with Crippen LogP contribution in [0.15, 0.2) is 18.6 Å². The van der Waals surface area contributed by atoms with Crippen molar-refractivity contribution in [2.24, 2.45) is 7.05 Å². The summed E-state index contributed by atoms with van der Waals surface area (Å²) in [6.45, 7) is 3.49. The second kappa shape index (κ2) is 8.05. The van der Waals surface area contributed by atoms with Crippen molar-refractivity contribution in [3.8, 4) is 10.6 Å². The van der Waals surface area contributed by atoms with Crippen molar-refractivity contribution in [3.63, 3.8) is 0 Å². The maximum Gasteiger partial charge on any atom is 0.265 e. The number of carbonyl (C=O) groups excluding carboxylic acids is 1. The van der Waals surface area contributed by atoms with Gasteiger partial charge in [0.05, 0.1) is 12.4 Å². The summed E-state index contributed by atoms with van der Waals surface area (Å²) >= 11 is 1.38. The van der Waals surface area contributed by atoms with E-state index in [-0.39, 0.29) is 12.5 Å². The standard InChI is InChI=1S/C15H22N4O2S/c1-3-4-6-19(7-5-8-20)15(21)13-10-16-14(22-13)12-9-17-18(2)11-12/h9-11,20H,3-8H2,1-2H3. The van der Waals surface area contributed by atoms with Crippen LogP contribution in [0.1, 0.15) is 35.9 Å². The first kappa shape index (κ1) is 16.6. The molecule has 1 amide bonds. The Labute approximate surface area is 134 Å². The second-order valence-electron chi connectivity index (χ2n) is 5.16. The highest BCUT2D eigenvalue weighted by Gasteiger charge is 2.18. The first-order valence-electron chi connectivity index (χ1n) is 7.50. The summed E-state index contributed by atoms with van der Waals surface area (Å²) in [5, 5.41) is 13.9. The monoisotopic (exact) mass is 322 g/mol. The van der Waals surface area contributed by atoms with E-state index in [4.69, 9.17) is 5.11 Å². The molecule has 0 bridgehead atoms. The fraction of sp³-hybridized carbons (Fsp3) is 0.533. The van der Waals surface area contributed by atoms with E-state index in [9.17, 15) is 4.79 Å². The summed E-state index contributed by atoms with van der Waals surface area (Å²) < 4.78 is 1.72. The van der Waals surface area contributed by atoms with E-state index in [1.54, 1.807) is 22.0 Å². The largest absolute Gasteiger partial charge is 0.396 e. The van der Waals surface area contributed by atoms with Crippen molar-refractivity contribution < 1.29 is 9.90 Å². The number of nitrogens with zero attached hydrogens (tertiary/aromatic N) is 4. The first-order valence-corrected chi connectivity index (χ1v) is 8.32. The van der Waals surface area contributed by atoms with Crippen LogP contribution in [-0.2, 0) is 7.05 Å². The van der Waals surface area contributed by atoms with E-state index in [1.807, 2.05) is 13.2 Å². The van der Waals surface area contributed by atoms with Gasteiger partial charge in [-0.15, -0.1) is 11.3 Å². The van der Waals surface area contributed by atoms with Gasteiger partial charge in [-0.25, -0.2) is 4.98 Å². The summed E-state index contributed by atoms with van der Waals surface area (Å²) in [7, 11) is 1.85. The SMILES string of the molecule is CCCCN(CCCO)C(=O)c1cnc(-c2cnn(C)c2)s1. The Morgan fingerprint density at radius 1 is 1.36 bits per heavy atom. The third-order valence-electron chi connectivity index (χ3n) is 3.32. The average molecular weight is 322 g/mol. The van der Waals surface area contributed by atoms with Gasteiger partial charge in [-0.3, -0.25) is 9.48 Å². The summed E-state index contributed by atoms with van der Waals surface area (Å²) in [5.41, 5.74) is 0.919. The number of carbonyl (C=O) groups is 1. The molecule has 0 aromatic carbocycles. The molecule has 7 heteroatoms. The van der Waals surface area contributed by atoms with E-state index < -0.39 is 0 Å². The van der Waals surface area contributed by atoms with Crippen LogP contribution in [0.5, 0.6) is 0 Å². The third-order valence-corrected chi connectivity index (χ3v) is 4.36. The van der Waals surface area contributed by atoms with Crippen LogP contribution in [0.25, 0.3) is 10.6 Å². The van der Waals surface area contributed by atoms with Crippen LogP contribution >= 0.6 is 11.3 Å². The maximum atomic E-state index is 12.6. The quantitative estimate of drug-likeness (QED) is 0.808. The number of hydrogen-bond donors (Lipinski definition) is 1. The average Bonchev–Trinajstić information content (AvgIpc) is 3.15. The van der Waals surface area contributed by atoms with Gasteiger partial charge in [-0.2, -0.15) is 5.10 Å². The highest BCUT2D eigenvalue weighted by molar-refractivity contribution is 7.16. The Balaban J connectivity index is 2.11. The number of aliphatic hydroxyl groups is 1. The van der Waals surface area contributed by atoms with Crippen LogP contribution in [0.3, 0.4) is 0 Å². The molecule has 0 aliphatic rings. The van der Waals surface area contributed by atoms with E-state index in [1.165, 1.54) is 11.3 Å². The number of amides is 1. The number of thiazole rings is 1. The molecule has 6 nitrogen and oxygen atoms in total. The Morgan fingerprint density at radius 2 is 2.14 bits per heavy atom. The first-order chi connectivity index (χ1) is 10.7. The number of unbranched alkanes of at least 4 members (excludes halogenated alkanes) is 1. The van der Waals surface area contributed by atoms with Crippen molar-refractivity contribution in [2.45, 2.75) is 26.2 Å². The molecule has 0 aliphatic carbocycles. The fourth-order valence-corrected chi connectivity index (χ4v) is 2.98. The van der Waals surface area contributed by atoms with Crippen LogP contribution in [0.2, 0.25) is 0 Å². The zero-order valence-corrected chi connectivity index (χ0v) is 13.8. The van der Waals surface area contributed by atoms with Gasteiger partial charge >= 0.3 is 0 Å². The summed E-state index contributed by atoms with van der Waals surface area (Å²) in [5.74, 6) is -0.00506. The minimum absolute atomic E-state index is 0.00506. The van der Waals surface area contributed by atoms with Crippen LogP contribution in [0, 0.1) is 0 Å². The highest BCUT2D eigenvalue weighted by atomic mass is 32.1. The van der Waals surface area contributed by atoms with Gasteiger partial charge in [0.15, 0.2) is 0 Å². The van der Waals surface area contributed by atoms with Gasteiger partial charge in [-0.05, 0) is 12.8 Å². The number of aryl methyl sites for hydroxylation is 1. The normalized spacial score (nSPS) is 10.9. The molecule has 2 aromatic heterocycles. The molecule has 120 valence electrons. The Kier molecular flexibility index (Phi) is 6.09. The van der Waals surface area contributed by atoms with Crippen molar-refractivity contribution >= 4 is 17.2 Å². The lowest BCUT2D eigenvalue weighted by Gasteiger charge is -2.21. The number of rotatable bonds is 8. The molecule has 0 spiro atoms. The van der Waals surface area contributed by atoms with Crippen LogP contribution < -0.4 is 0 Å². The van der Waals surface area contributed by atoms with E-state index in [0.29, 0.717) is 17.8 Å². The van der Waals surface area contributed by atoms with Gasteiger partial charge < -0.3 is 10.0 Å². The molecule has 0 aliphatic heterocycles. The number of hydrogen-bond acceptors (Lipinski definition) is 5. The highest BCUT2D eigenvalue weighted by Crippen LogP contribution is 2.25. The Morgan fingerprint density at radius 3 is 2.77 bits per heavy atom. The lowest BCUT2D eigenvalue weighted by molar-refractivity contribution is 0.0747. The van der Waals surface area contributed by atoms with Gasteiger partial charge in [0.1, 0.15) is 9.88 Å². The van der Waals surface area contributed by atoms with Crippen molar-refractivity contribution in [3.05, 3.63) is 23.5 Å². The van der Waals surface area contributed by atoms with Crippen LogP contribution in [0.4, 0.5) is 0 Å². The van der Waals surface area contributed by atoms with E-state index in [0.717, 1.165) is 30.0 Å². The molecule has 0 saturated carbocycles. The zero-order chi connectivity index (χ0) is 15.9. The van der Waals surface area contributed by atoms with Crippen LogP contribution in [-0.4, -0.2) is 50.4 Å². The molecule has 2 aromatic rings. The zero-order valence-electron chi connectivity index (χ0n) is 13.0. The molecular weight excluding hydrogens is 300 g/mol. The second-order valence-corrected chi connectivity index (χ2v) is 6.19. The van der Waals surface area contributed by atoms with E-state index in [2.05, 4.69) is 17.0 Å². The predicted octanol–water partition coefficient (Wildman–Crippen LogP) is 2.17. The summed E-state index contributed by atoms with van der Waals surface area (Å²) in [6.07, 6.45) is 7.86. The van der Waals surface area contributed by atoms with Crippen molar-refractivity contribution in [1.82, 2.24) is 19.7 Å².